The Morgan fingerprint density at radius 3 is 2.62 bits per heavy atom. The fourth-order valence-electron chi connectivity index (χ4n) is 2.31. The van der Waals surface area contributed by atoms with Gasteiger partial charge in [-0.25, -0.2) is 0 Å². The van der Waals surface area contributed by atoms with Crippen LogP contribution in [0.15, 0.2) is 54.6 Å². The van der Waals surface area contributed by atoms with Gasteiger partial charge in [-0.05, 0) is 11.6 Å². The van der Waals surface area contributed by atoms with Crippen LogP contribution in [-0.2, 0) is 16.1 Å². The first-order chi connectivity index (χ1) is 10.3. The molecule has 108 valence electrons. The highest BCUT2D eigenvalue weighted by atomic mass is 16.5. The average Bonchev–Trinajstić information content (AvgIpc) is 2.55. The Morgan fingerprint density at radius 2 is 1.86 bits per heavy atom. The molecule has 1 heterocycles. The van der Waals surface area contributed by atoms with Gasteiger partial charge in [0.05, 0.1) is 0 Å². The molecule has 21 heavy (non-hydrogen) atoms. The molecule has 4 heteroatoms. The molecule has 2 aromatic carbocycles. The molecule has 0 aromatic heterocycles. The number of amides is 1. The molecule has 0 aliphatic carbocycles. The molecular formula is C17H17NO3. The van der Waals surface area contributed by atoms with E-state index in [1.807, 2.05) is 54.6 Å². The molecule has 4 nitrogen and oxygen atoms in total. The van der Waals surface area contributed by atoms with E-state index in [2.05, 4.69) is 5.32 Å². The molecule has 1 atom stereocenters. The van der Waals surface area contributed by atoms with Crippen molar-refractivity contribution in [3.63, 3.8) is 0 Å². The second-order valence-electron chi connectivity index (χ2n) is 4.92. The fourth-order valence-corrected chi connectivity index (χ4v) is 2.31. The Morgan fingerprint density at radius 1 is 1.10 bits per heavy atom. The van der Waals surface area contributed by atoms with Gasteiger partial charge in [-0.1, -0.05) is 48.5 Å². The van der Waals surface area contributed by atoms with E-state index < -0.39 is 0 Å². The number of nitrogens with one attached hydrogen (secondary N) is 1. The van der Waals surface area contributed by atoms with Crippen LogP contribution in [0.4, 0.5) is 0 Å². The molecule has 2 aromatic rings. The van der Waals surface area contributed by atoms with E-state index >= 15 is 0 Å². The van der Waals surface area contributed by atoms with Crippen LogP contribution in [0.3, 0.4) is 0 Å². The van der Waals surface area contributed by atoms with Crippen LogP contribution in [0.1, 0.15) is 17.2 Å². The maximum atomic E-state index is 11.2. The summed E-state index contributed by atoms with van der Waals surface area (Å²) in [5.74, 6) is 0.719. The van der Waals surface area contributed by atoms with E-state index in [0.29, 0.717) is 13.2 Å². The fraction of sp³-hybridized carbons (Fsp3) is 0.235. The van der Waals surface area contributed by atoms with E-state index in [0.717, 1.165) is 16.9 Å². The number of hydrogen-bond acceptors (Lipinski definition) is 3. The maximum absolute atomic E-state index is 11.2. The third kappa shape index (κ3) is 3.41. The highest BCUT2D eigenvalue weighted by Gasteiger charge is 2.22. The lowest BCUT2D eigenvalue weighted by atomic mass is 10.1. The van der Waals surface area contributed by atoms with Gasteiger partial charge >= 0.3 is 0 Å². The molecule has 1 aliphatic heterocycles. The van der Waals surface area contributed by atoms with Crippen molar-refractivity contribution in [2.45, 2.75) is 12.7 Å². The van der Waals surface area contributed by atoms with Crippen LogP contribution in [-0.4, -0.2) is 19.1 Å². The van der Waals surface area contributed by atoms with Gasteiger partial charge in [-0.2, -0.15) is 0 Å². The summed E-state index contributed by atoms with van der Waals surface area (Å²) in [6.45, 7) is 1.08. The van der Waals surface area contributed by atoms with Crippen LogP contribution in [0.25, 0.3) is 0 Å². The minimum absolute atomic E-state index is 0.0751. The molecule has 3 rings (SSSR count). The van der Waals surface area contributed by atoms with Crippen molar-refractivity contribution in [2.24, 2.45) is 0 Å². The van der Waals surface area contributed by atoms with E-state index in [1.54, 1.807) is 0 Å². The van der Waals surface area contributed by atoms with Crippen molar-refractivity contribution in [3.8, 4) is 5.75 Å². The second-order valence-corrected chi connectivity index (χ2v) is 4.92. The van der Waals surface area contributed by atoms with Crippen molar-refractivity contribution < 1.29 is 14.3 Å². The van der Waals surface area contributed by atoms with Crippen molar-refractivity contribution in [1.29, 1.82) is 0 Å². The van der Waals surface area contributed by atoms with Gasteiger partial charge in [0, 0.05) is 12.1 Å². The number of ether oxygens (including phenoxy) is 2. The third-order valence-corrected chi connectivity index (χ3v) is 3.40. The topological polar surface area (TPSA) is 47.6 Å². The zero-order chi connectivity index (χ0) is 14.5. The molecule has 1 amide bonds. The van der Waals surface area contributed by atoms with Gasteiger partial charge in [-0.3, -0.25) is 4.79 Å². The van der Waals surface area contributed by atoms with Crippen LogP contribution < -0.4 is 10.1 Å². The number of hydrogen-bond donors (Lipinski definition) is 1. The zero-order valence-corrected chi connectivity index (χ0v) is 11.6. The minimum atomic E-state index is -0.158. The molecule has 0 bridgehead atoms. The number of benzene rings is 2. The zero-order valence-electron chi connectivity index (χ0n) is 11.6. The summed E-state index contributed by atoms with van der Waals surface area (Å²) in [5.41, 5.74) is 2.08. The molecular weight excluding hydrogens is 266 g/mol. The van der Waals surface area contributed by atoms with E-state index in [9.17, 15) is 4.79 Å². The van der Waals surface area contributed by atoms with Gasteiger partial charge in [-0.15, -0.1) is 0 Å². The molecule has 0 saturated carbocycles. The maximum Gasteiger partial charge on any atom is 0.246 e. The first-order valence-electron chi connectivity index (χ1n) is 6.97. The van der Waals surface area contributed by atoms with Crippen LogP contribution in [0.2, 0.25) is 0 Å². The predicted octanol–water partition coefficient (Wildman–Crippen LogP) is 2.45. The summed E-state index contributed by atoms with van der Waals surface area (Å²) in [7, 11) is 0. The van der Waals surface area contributed by atoms with Crippen molar-refractivity contribution in [2.75, 3.05) is 13.2 Å². The Bertz CT molecular complexity index is 602. The van der Waals surface area contributed by atoms with Gasteiger partial charge in [0.25, 0.3) is 0 Å². The van der Waals surface area contributed by atoms with Gasteiger partial charge in [0.1, 0.15) is 25.1 Å². The van der Waals surface area contributed by atoms with E-state index in [-0.39, 0.29) is 18.6 Å². The number of carbonyl (C=O) groups excluding carboxylic acids is 1. The van der Waals surface area contributed by atoms with Gasteiger partial charge < -0.3 is 14.8 Å². The molecule has 1 N–H and O–H groups in total. The average molecular weight is 283 g/mol. The predicted molar refractivity (Wildman–Crippen MR) is 78.9 cm³/mol. The third-order valence-electron chi connectivity index (χ3n) is 3.40. The first kappa shape index (κ1) is 13.6. The first-order valence-corrected chi connectivity index (χ1v) is 6.97. The highest BCUT2D eigenvalue weighted by molar-refractivity contribution is 5.77. The van der Waals surface area contributed by atoms with Crippen LogP contribution in [0, 0.1) is 0 Å². The summed E-state index contributed by atoms with van der Waals surface area (Å²) in [6.07, 6.45) is -0.158. The molecule has 0 unspecified atom stereocenters. The molecule has 0 spiro atoms. The summed E-state index contributed by atoms with van der Waals surface area (Å²) in [4.78, 5) is 11.2. The lowest BCUT2D eigenvalue weighted by Gasteiger charge is -2.25. The smallest absolute Gasteiger partial charge is 0.246 e. The Kier molecular flexibility index (Phi) is 4.17. The quantitative estimate of drug-likeness (QED) is 0.937. The summed E-state index contributed by atoms with van der Waals surface area (Å²) >= 11 is 0. The highest BCUT2D eigenvalue weighted by Crippen LogP contribution is 2.29. The number of carbonyl (C=O) groups is 1. The molecule has 0 radical (unpaired) electrons. The normalized spacial score (nSPS) is 18.1. The SMILES string of the molecule is O=C1CO[C@@H](c2ccccc2OCc2ccccc2)CN1. The van der Waals surface area contributed by atoms with Crippen LogP contribution in [0.5, 0.6) is 5.75 Å². The van der Waals surface area contributed by atoms with Crippen molar-refractivity contribution >= 4 is 5.91 Å². The summed E-state index contributed by atoms with van der Waals surface area (Å²) in [5, 5.41) is 2.81. The standard InChI is InChI=1S/C17H17NO3/c19-17-12-21-16(10-18-17)14-8-4-5-9-15(14)20-11-13-6-2-1-3-7-13/h1-9,16H,10-12H2,(H,18,19)/t16-/m1/s1. The molecule has 1 fully saturated rings. The number of morpholine rings is 1. The van der Waals surface area contributed by atoms with Gasteiger partial charge in [0.15, 0.2) is 0 Å². The lowest BCUT2D eigenvalue weighted by Crippen LogP contribution is -2.38. The monoisotopic (exact) mass is 283 g/mol. The Hall–Kier alpha value is -2.33. The minimum Gasteiger partial charge on any atom is -0.489 e. The van der Waals surface area contributed by atoms with Crippen molar-refractivity contribution in [3.05, 3.63) is 65.7 Å². The largest absolute Gasteiger partial charge is 0.489 e. The van der Waals surface area contributed by atoms with Crippen molar-refractivity contribution in [1.82, 2.24) is 5.32 Å². The van der Waals surface area contributed by atoms with E-state index in [1.165, 1.54) is 0 Å². The van der Waals surface area contributed by atoms with Gasteiger partial charge in [0.2, 0.25) is 5.91 Å². The second kappa shape index (κ2) is 6.41. The Balaban J connectivity index is 1.72. The molecule has 1 aliphatic rings. The number of rotatable bonds is 4. The molecule has 1 saturated heterocycles. The Labute approximate surface area is 123 Å². The lowest BCUT2D eigenvalue weighted by molar-refractivity contribution is -0.133. The summed E-state index contributed by atoms with van der Waals surface area (Å²) in [6, 6.07) is 17.8. The number of para-hydroxylation sites is 1. The van der Waals surface area contributed by atoms with Crippen LogP contribution >= 0.6 is 0 Å². The van der Waals surface area contributed by atoms with E-state index in [4.69, 9.17) is 9.47 Å². The summed E-state index contributed by atoms with van der Waals surface area (Å²) < 4.78 is 11.5.